The number of hydrogen-bond acceptors (Lipinski definition) is 1. The van der Waals surface area contributed by atoms with Gasteiger partial charge in [0.2, 0.25) is 0 Å². The van der Waals surface area contributed by atoms with Gasteiger partial charge < -0.3 is 5.32 Å². The molecule has 0 aliphatic heterocycles. The number of amides is 1. The summed E-state index contributed by atoms with van der Waals surface area (Å²) >= 11 is 0. The molecule has 0 bridgehead atoms. The summed E-state index contributed by atoms with van der Waals surface area (Å²) in [6.07, 6.45) is -0.334. The third-order valence-corrected chi connectivity index (χ3v) is 1.61. The van der Waals surface area contributed by atoms with Crippen molar-refractivity contribution in [3.63, 3.8) is 0 Å². The molecule has 8 heteroatoms. The molecule has 0 aliphatic carbocycles. The Morgan fingerprint density at radius 2 is 1.75 bits per heavy atom. The van der Waals surface area contributed by atoms with Crippen molar-refractivity contribution in [2.45, 2.75) is 0 Å². The molecule has 0 aromatic heterocycles. The number of hydrogen-bond donors (Lipinski definition) is 1. The Balaban J connectivity index is 0.00000225. The van der Waals surface area contributed by atoms with E-state index in [-0.39, 0.29) is 63.9 Å². The summed E-state index contributed by atoms with van der Waals surface area (Å²) in [5, 5.41) is 1.92. The Morgan fingerprint density at radius 3 is 2.25 bits per heavy atom. The molecule has 1 aromatic rings. The summed E-state index contributed by atoms with van der Waals surface area (Å²) in [6, 6.07) is 0.263. The van der Waals surface area contributed by atoms with Crippen molar-refractivity contribution in [3.8, 4) is 0 Å². The van der Waals surface area contributed by atoms with Gasteiger partial charge in [-0.15, -0.1) is 0 Å². The average Bonchev–Trinajstić information content (AvgIpc) is 2.20. The molecule has 0 saturated carbocycles. The Morgan fingerprint density at radius 1 is 1.19 bits per heavy atom. The van der Waals surface area contributed by atoms with E-state index in [2.05, 4.69) is 0 Å². The fourth-order valence-corrected chi connectivity index (χ4v) is 0.926. The van der Waals surface area contributed by atoms with Crippen LogP contribution in [-0.4, -0.2) is 71.6 Å². The number of halogens is 4. The van der Waals surface area contributed by atoms with Gasteiger partial charge in [0.15, 0.2) is 23.3 Å². The van der Waals surface area contributed by atoms with Crippen LogP contribution >= 0.6 is 0 Å². The molecule has 0 fully saturated rings. The first kappa shape index (κ1) is 16.1. The van der Waals surface area contributed by atoms with Crippen LogP contribution in [0.2, 0.25) is 0 Å². The van der Waals surface area contributed by atoms with Crippen LogP contribution in [0.3, 0.4) is 0 Å². The van der Waals surface area contributed by atoms with Crippen LogP contribution in [-0.2, 0) is 0 Å². The van der Waals surface area contributed by atoms with Crippen molar-refractivity contribution in [2.75, 3.05) is 6.44 Å². The molecule has 3 radical (unpaired) electrons. The second-order valence-corrected chi connectivity index (χ2v) is 2.56. The smallest absolute Gasteiger partial charge is 0.253 e. The van der Waals surface area contributed by atoms with Crippen molar-refractivity contribution in [1.82, 2.24) is 5.32 Å². The van der Waals surface area contributed by atoms with Crippen LogP contribution in [0.1, 0.15) is 10.4 Å². The van der Waals surface area contributed by atoms with Gasteiger partial charge in [-0.2, -0.15) is 0 Å². The number of rotatable bonds is 2. The minimum Gasteiger partial charge on any atom is -0.361 e. The fourth-order valence-electron chi connectivity index (χ4n) is 0.926. The predicted molar refractivity (Wildman–Crippen MR) is 50.1 cm³/mol. The molecular formula is C8H4BF4KNO. The van der Waals surface area contributed by atoms with Gasteiger partial charge in [0.25, 0.3) is 5.91 Å². The van der Waals surface area contributed by atoms with E-state index in [4.69, 9.17) is 7.85 Å². The van der Waals surface area contributed by atoms with Gasteiger partial charge in [-0.25, -0.2) is 17.6 Å². The second kappa shape index (κ2) is 6.75. The van der Waals surface area contributed by atoms with Crippen LogP contribution in [0, 0.1) is 23.3 Å². The van der Waals surface area contributed by atoms with Gasteiger partial charge in [0.1, 0.15) is 0 Å². The maximum Gasteiger partial charge on any atom is 0.253 e. The maximum atomic E-state index is 12.9. The van der Waals surface area contributed by atoms with Crippen LogP contribution in [0.4, 0.5) is 17.6 Å². The number of nitrogens with one attached hydrogen (secondary N) is 1. The molecule has 0 unspecified atom stereocenters. The zero-order chi connectivity index (χ0) is 11.6. The van der Waals surface area contributed by atoms with Crippen molar-refractivity contribution in [3.05, 3.63) is 34.9 Å². The number of carbonyl (C=O) groups is 1. The first-order valence-electron chi connectivity index (χ1n) is 3.80. The zero-order valence-electron chi connectivity index (χ0n) is 8.28. The van der Waals surface area contributed by atoms with E-state index in [0.29, 0.717) is 0 Å². The summed E-state index contributed by atoms with van der Waals surface area (Å²) < 4.78 is 50.7. The molecule has 1 aromatic carbocycles. The van der Waals surface area contributed by atoms with Gasteiger partial charge in [0.05, 0.1) is 13.4 Å². The largest absolute Gasteiger partial charge is 0.361 e. The van der Waals surface area contributed by atoms with Crippen LogP contribution in [0.15, 0.2) is 6.07 Å². The topological polar surface area (TPSA) is 29.1 Å². The summed E-state index contributed by atoms with van der Waals surface area (Å²) in [4.78, 5) is 11.0. The maximum absolute atomic E-state index is 12.9. The van der Waals surface area contributed by atoms with Gasteiger partial charge in [-0.05, 0) is 12.5 Å². The van der Waals surface area contributed by atoms with Crippen LogP contribution in [0.25, 0.3) is 0 Å². The summed E-state index contributed by atoms with van der Waals surface area (Å²) in [5.74, 6) is -8.50. The van der Waals surface area contributed by atoms with E-state index in [0.717, 1.165) is 0 Å². The SMILES string of the molecule is [B]CNC(=O)c1cc(F)c(F)c(F)c1F.[K]. The number of carbonyl (C=O) groups excluding carboxylic acids is 1. The third kappa shape index (κ3) is 3.30. The minimum atomic E-state index is -2.03. The second-order valence-electron chi connectivity index (χ2n) is 2.56. The fraction of sp³-hybridized carbons (Fsp3) is 0.125. The van der Waals surface area contributed by atoms with E-state index in [9.17, 15) is 22.4 Å². The van der Waals surface area contributed by atoms with E-state index in [1.165, 1.54) is 0 Å². The summed E-state index contributed by atoms with van der Waals surface area (Å²) in [5.41, 5.74) is -0.933. The molecule has 1 amide bonds. The number of benzene rings is 1. The van der Waals surface area contributed by atoms with Crippen LogP contribution < -0.4 is 5.32 Å². The molecule has 0 atom stereocenters. The Kier molecular flexibility index (Phi) is 6.80. The van der Waals surface area contributed by atoms with E-state index in [1.54, 1.807) is 0 Å². The van der Waals surface area contributed by atoms with Gasteiger partial charge in [-0.1, -0.05) is 0 Å². The molecular weight excluding hydrogens is 252 g/mol. The summed E-state index contributed by atoms with van der Waals surface area (Å²) in [6.45, 7) is 0. The standard InChI is InChI=1S/C8H4BF4NO.K/c9-2-14-8(15)3-1-4(10)6(12)7(13)5(3)11;/h1H,2H2,(H,14,15);. The quantitative estimate of drug-likeness (QED) is 0.359. The van der Waals surface area contributed by atoms with Crippen molar-refractivity contribution in [2.24, 2.45) is 0 Å². The molecule has 0 aliphatic rings. The molecule has 0 heterocycles. The molecule has 1 N–H and O–H groups in total. The van der Waals surface area contributed by atoms with Gasteiger partial charge >= 0.3 is 0 Å². The Bertz CT molecular complexity index is 416. The average molecular weight is 256 g/mol. The van der Waals surface area contributed by atoms with Crippen molar-refractivity contribution >= 4 is 65.1 Å². The van der Waals surface area contributed by atoms with Crippen molar-refractivity contribution < 1.29 is 22.4 Å². The van der Waals surface area contributed by atoms with E-state index >= 15 is 0 Å². The third-order valence-electron chi connectivity index (χ3n) is 1.61. The first-order chi connectivity index (χ1) is 6.99. The molecule has 1 rings (SSSR count). The molecule has 0 saturated heterocycles. The van der Waals surface area contributed by atoms with Crippen LogP contribution in [0.5, 0.6) is 0 Å². The normalized spacial score (nSPS) is 9.50. The van der Waals surface area contributed by atoms with Crippen molar-refractivity contribution in [1.29, 1.82) is 0 Å². The predicted octanol–water partition coefficient (Wildman–Crippen LogP) is 0.718. The minimum absolute atomic E-state index is 0. The Labute approximate surface area is 133 Å². The molecule has 2 nitrogen and oxygen atoms in total. The zero-order valence-corrected chi connectivity index (χ0v) is 11.4. The van der Waals surface area contributed by atoms with E-state index in [1.807, 2.05) is 5.32 Å². The van der Waals surface area contributed by atoms with Gasteiger partial charge in [0, 0.05) is 51.4 Å². The molecule has 79 valence electrons. The Hall–Kier alpha value is 0.111. The van der Waals surface area contributed by atoms with E-state index < -0.39 is 34.7 Å². The first-order valence-corrected chi connectivity index (χ1v) is 3.80. The van der Waals surface area contributed by atoms with Gasteiger partial charge in [-0.3, -0.25) is 4.79 Å². The summed E-state index contributed by atoms with van der Waals surface area (Å²) in [7, 11) is 4.91. The monoisotopic (exact) mass is 256 g/mol. The molecule has 0 spiro atoms. The molecule has 16 heavy (non-hydrogen) atoms.